The predicted octanol–water partition coefficient (Wildman–Crippen LogP) is 4.51. The molecule has 0 bridgehead atoms. The van der Waals surface area contributed by atoms with Crippen molar-refractivity contribution in [3.8, 4) is 0 Å². The summed E-state index contributed by atoms with van der Waals surface area (Å²) in [5.74, 6) is -4.20. The topological polar surface area (TPSA) is 228 Å². The Hall–Kier alpha value is -5.63. The standard InChI is InChI=1S/C30H29ClN8O6/c1-14-5-7-18(27(32)42)11-23(14)36-38-25(16(3)40)29(44)34-20-9-10-22(21(31)13-20)35-30(45)26(17(4)41)39-37-24-12-19(28(33)43)8-6-15(24)2/h5-13,25-26H,1-4H3,(H2,32,42)(H2,33,43)(H,34,44)(H,35,45). The summed E-state index contributed by atoms with van der Waals surface area (Å²) in [6, 6.07) is 10.0. The van der Waals surface area contributed by atoms with E-state index < -0.39 is 47.3 Å². The smallest absolute Gasteiger partial charge is 0.258 e. The van der Waals surface area contributed by atoms with Crippen molar-refractivity contribution in [1.29, 1.82) is 0 Å². The van der Waals surface area contributed by atoms with E-state index in [1.165, 1.54) is 49.4 Å². The number of primary amides is 2. The van der Waals surface area contributed by atoms with Gasteiger partial charge in [0.1, 0.15) is 0 Å². The maximum absolute atomic E-state index is 12.9. The highest BCUT2D eigenvalue weighted by Crippen LogP contribution is 2.27. The molecule has 0 aliphatic rings. The highest BCUT2D eigenvalue weighted by atomic mass is 35.5. The number of carbonyl (C=O) groups is 6. The first-order valence-corrected chi connectivity index (χ1v) is 13.6. The molecule has 0 fully saturated rings. The van der Waals surface area contributed by atoms with E-state index >= 15 is 0 Å². The summed E-state index contributed by atoms with van der Waals surface area (Å²) >= 11 is 6.33. The number of nitrogens with zero attached hydrogens (tertiary/aromatic N) is 4. The molecule has 232 valence electrons. The molecular weight excluding hydrogens is 604 g/mol. The molecule has 0 spiro atoms. The van der Waals surface area contributed by atoms with Gasteiger partial charge in [-0.3, -0.25) is 28.8 Å². The van der Waals surface area contributed by atoms with Gasteiger partial charge in [0.25, 0.3) is 11.8 Å². The second-order valence-corrected chi connectivity index (χ2v) is 10.3. The number of rotatable bonds is 12. The first-order chi connectivity index (χ1) is 21.2. The molecule has 0 saturated heterocycles. The van der Waals surface area contributed by atoms with Gasteiger partial charge >= 0.3 is 0 Å². The number of ketones is 2. The zero-order valence-electron chi connectivity index (χ0n) is 24.6. The van der Waals surface area contributed by atoms with Crippen LogP contribution in [0.25, 0.3) is 0 Å². The Morgan fingerprint density at radius 3 is 1.51 bits per heavy atom. The monoisotopic (exact) mass is 632 g/mol. The minimum Gasteiger partial charge on any atom is -0.366 e. The van der Waals surface area contributed by atoms with Gasteiger partial charge in [-0.2, -0.15) is 20.5 Å². The van der Waals surface area contributed by atoms with Crippen LogP contribution in [0.2, 0.25) is 5.02 Å². The average Bonchev–Trinajstić information content (AvgIpc) is 2.95. The number of amides is 4. The SMILES string of the molecule is CC(=O)C(N=Nc1cc(C(N)=O)ccc1C)C(=O)Nc1ccc(NC(=O)C(N=Nc2cc(C(N)=O)ccc2C)C(C)=O)c(Cl)c1. The highest BCUT2D eigenvalue weighted by molar-refractivity contribution is 6.34. The number of anilines is 2. The summed E-state index contributed by atoms with van der Waals surface area (Å²) in [7, 11) is 0. The molecule has 2 unspecified atom stereocenters. The number of hydrogen-bond donors (Lipinski definition) is 4. The van der Waals surface area contributed by atoms with Crippen molar-refractivity contribution in [2.45, 2.75) is 39.8 Å². The zero-order valence-corrected chi connectivity index (χ0v) is 25.4. The van der Waals surface area contributed by atoms with Crippen LogP contribution in [0, 0.1) is 13.8 Å². The van der Waals surface area contributed by atoms with Crippen molar-refractivity contribution in [3.05, 3.63) is 81.9 Å². The van der Waals surface area contributed by atoms with Gasteiger partial charge < -0.3 is 22.1 Å². The molecule has 0 saturated carbocycles. The van der Waals surface area contributed by atoms with Crippen LogP contribution in [0.5, 0.6) is 0 Å². The summed E-state index contributed by atoms with van der Waals surface area (Å²) in [4.78, 5) is 73.2. The Kier molecular flexibility index (Phi) is 11.1. The summed E-state index contributed by atoms with van der Waals surface area (Å²) in [6.45, 7) is 5.74. The van der Waals surface area contributed by atoms with Crippen molar-refractivity contribution in [1.82, 2.24) is 0 Å². The van der Waals surface area contributed by atoms with E-state index in [0.29, 0.717) is 11.1 Å². The third-order valence-corrected chi connectivity index (χ3v) is 6.62. The Balaban J connectivity index is 1.74. The van der Waals surface area contributed by atoms with Crippen LogP contribution in [-0.4, -0.2) is 47.3 Å². The van der Waals surface area contributed by atoms with E-state index in [-0.39, 0.29) is 38.9 Å². The minimum atomic E-state index is -1.54. The van der Waals surface area contributed by atoms with Crippen LogP contribution < -0.4 is 22.1 Å². The second-order valence-electron chi connectivity index (χ2n) is 9.86. The fraction of sp³-hybridized carbons (Fsp3) is 0.200. The number of hydrogen-bond acceptors (Lipinski definition) is 10. The van der Waals surface area contributed by atoms with Crippen molar-refractivity contribution in [2.24, 2.45) is 31.9 Å². The van der Waals surface area contributed by atoms with Crippen molar-refractivity contribution >= 4 is 69.5 Å². The number of azo groups is 2. The third-order valence-electron chi connectivity index (χ3n) is 6.31. The van der Waals surface area contributed by atoms with Gasteiger partial charge in [0, 0.05) is 16.8 Å². The Morgan fingerprint density at radius 1 is 0.667 bits per heavy atom. The first kappa shape index (κ1) is 33.9. The lowest BCUT2D eigenvalue weighted by molar-refractivity contribution is -0.127. The highest BCUT2D eigenvalue weighted by Gasteiger charge is 2.26. The van der Waals surface area contributed by atoms with E-state index in [4.69, 9.17) is 23.1 Å². The molecule has 0 aromatic heterocycles. The predicted molar refractivity (Wildman–Crippen MR) is 166 cm³/mol. The van der Waals surface area contributed by atoms with Crippen LogP contribution in [0.4, 0.5) is 22.7 Å². The van der Waals surface area contributed by atoms with Crippen molar-refractivity contribution in [3.63, 3.8) is 0 Å². The maximum atomic E-state index is 12.9. The number of Topliss-reactive ketones (excluding diaryl/α,β-unsaturated/α-hetero) is 2. The minimum absolute atomic E-state index is 0.00899. The number of carbonyl (C=O) groups excluding carboxylic acids is 6. The van der Waals surface area contributed by atoms with Gasteiger partial charge in [0.05, 0.1) is 22.1 Å². The van der Waals surface area contributed by atoms with Crippen molar-refractivity contribution in [2.75, 3.05) is 10.6 Å². The van der Waals surface area contributed by atoms with Gasteiger partial charge in [0.2, 0.25) is 23.9 Å². The summed E-state index contributed by atoms with van der Waals surface area (Å²) in [6.07, 6.45) is 0. The fourth-order valence-electron chi connectivity index (χ4n) is 3.72. The lowest BCUT2D eigenvalue weighted by Crippen LogP contribution is -2.32. The second kappa shape index (κ2) is 14.7. The lowest BCUT2D eigenvalue weighted by atomic mass is 10.1. The molecule has 3 aromatic carbocycles. The van der Waals surface area contributed by atoms with E-state index in [0.717, 1.165) is 6.92 Å². The van der Waals surface area contributed by atoms with Gasteiger partial charge in [-0.25, -0.2) is 0 Å². The van der Waals surface area contributed by atoms with E-state index in [1.807, 2.05) is 0 Å². The number of aryl methyl sites for hydroxylation is 2. The van der Waals surface area contributed by atoms with Gasteiger partial charge in [-0.15, -0.1) is 0 Å². The van der Waals surface area contributed by atoms with Gasteiger partial charge in [-0.1, -0.05) is 23.7 Å². The van der Waals surface area contributed by atoms with E-state index in [9.17, 15) is 28.8 Å². The zero-order chi connectivity index (χ0) is 33.4. The summed E-state index contributed by atoms with van der Waals surface area (Å²) in [5.41, 5.74) is 13.0. The molecule has 0 heterocycles. The Labute approximate surface area is 262 Å². The molecule has 15 heteroatoms. The molecule has 14 nitrogen and oxygen atoms in total. The molecule has 45 heavy (non-hydrogen) atoms. The summed E-state index contributed by atoms with van der Waals surface area (Å²) in [5, 5.41) is 20.7. The average molecular weight is 633 g/mol. The van der Waals surface area contributed by atoms with Crippen LogP contribution >= 0.6 is 11.6 Å². The van der Waals surface area contributed by atoms with Crippen LogP contribution in [0.1, 0.15) is 45.7 Å². The van der Waals surface area contributed by atoms with Crippen LogP contribution in [0.15, 0.2) is 75.1 Å². The number of nitrogens with two attached hydrogens (primary N) is 2. The molecule has 0 aliphatic heterocycles. The molecule has 3 aromatic rings. The third kappa shape index (κ3) is 8.93. The lowest BCUT2D eigenvalue weighted by Gasteiger charge is -2.13. The molecule has 6 N–H and O–H groups in total. The number of benzene rings is 3. The summed E-state index contributed by atoms with van der Waals surface area (Å²) < 4.78 is 0. The molecule has 4 amide bonds. The molecule has 0 aliphatic carbocycles. The van der Waals surface area contributed by atoms with Gasteiger partial charge in [-0.05, 0) is 81.3 Å². The quantitative estimate of drug-likeness (QED) is 0.166. The van der Waals surface area contributed by atoms with E-state index in [1.54, 1.807) is 26.0 Å². The molecule has 3 rings (SSSR count). The first-order valence-electron chi connectivity index (χ1n) is 13.2. The van der Waals surface area contributed by atoms with Crippen LogP contribution in [0.3, 0.4) is 0 Å². The fourth-order valence-corrected chi connectivity index (χ4v) is 3.95. The molecule has 2 atom stereocenters. The van der Waals surface area contributed by atoms with Crippen LogP contribution in [-0.2, 0) is 19.2 Å². The molecular formula is C30H29ClN8O6. The number of halogens is 1. The molecule has 0 radical (unpaired) electrons. The van der Waals surface area contributed by atoms with E-state index in [2.05, 4.69) is 31.1 Å². The normalized spacial score (nSPS) is 12.5. The number of nitrogens with one attached hydrogen (secondary N) is 2. The Morgan fingerprint density at radius 2 is 1.11 bits per heavy atom. The maximum Gasteiger partial charge on any atom is 0.258 e. The van der Waals surface area contributed by atoms with Gasteiger partial charge in [0.15, 0.2) is 11.6 Å². The Bertz CT molecular complexity index is 1770. The van der Waals surface area contributed by atoms with Crippen molar-refractivity contribution < 1.29 is 28.8 Å². The largest absolute Gasteiger partial charge is 0.366 e.